The van der Waals surface area contributed by atoms with E-state index in [1.807, 2.05) is 6.92 Å². The van der Waals surface area contributed by atoms with Gasteiger partial charge in [-0.25, -0.2) is 9.59 Å². The van der Waals surface area contributed by atoms with Crippen LogP contribution in [0.2, 0.25) is 0 Å². The first-order chi connectivity index (χ1) is 12.2. The summed E-state index contributed by atoms with van der Waals surface area (Å²) in [5.41, 5.74) is 0.349. The molecule has 8 heteroatoms. The van der Waals surface area contributed by atoms with Gasteiger partial charge in [0.05, 0.1) is 23.8 Å². The molecule has 0 aliphatic carbocycles. The standard InChI is InChI=1S/C18H21F3N2O3/c1-4-6-13-14(16(24)26-5-2)15(22-17(25)23(13)3)11-7-9-12(10-8-11)18(19,20)21/h7-10,15H,4-6H2,1-3H3,(H,22,25). The van der Waals surface area contributed by atoms with Crippen LogP contribution in [0.3, 0.4) is 0 Å². The second-order valence-corrected chi connectivity index (χ2v) is 5.89. The van der Waals surface area contributed by atoms with Crippen LogP contribution in [0.5, 0.6) is 0 Å². The number of benzene rings is 1. The Labute approximate surface area is 149 Å². The number of alkyl halides is 3. The maximum atomic E-state index is 12.8. The molecule has 2 rings (SSSR count). The van der Waals surface area contributed by atoms with Crippen molar-refractivity contribution in [3.05, 3.63) is 46.7 Å². The maximum Gasteiger partial charge on any atom is 0.416 e. The fourth-order valence-electron chi connectivity index (χ4n) is 2.86. The van der Waals surface area contributed by atoms with Gasteiger partial charge in [0, 0.05) is 12.7 Å². The first-order valence-electron chi connectivity index (χ1n) is 8.32. The molecule has 1 atom stereocenters. The average molecular weight is 370 g/mol. The van der Waals surface area contributed by atoms with Crippen molar-refractivity contribution in [1.82, 2.24) is 10.2 Å². The zero-order valence-corrected chi connectivity index (χ0v) is 14.8. The Kier molecular flexibility index (Phi) is 5.94. The molecule has 26 heavy (non-hydrogen) atoms. The highest BCUT2D eigenvalue weighted by Gasteiger charge is 2.37. The van der Waals surface area contributed by atoms with Crippen LogP contribution in [0.4, 0.5) is 18.0 Å². The monoisotopic (exact) mass is 370 g/mol. The van der Waals surface area contributed by atoms with E-state index in [0.29, 0.717) is 24.1 Å². The number of hydrogen-bond acceptors (Lipinski definition) is 3. The van der Waals surface area contributed by atoms with Crippen molar-refractivity contribution in [2.45, 2.75) is 38.9 Å². The summed E-state index contributed by atoms with van der Waals surface area (Å²) in [7, 11) is 1.54. The molecule has 1 N–H and O–H groups in total. The summed E-state index contributed by atoms with van der Waals surface area (Å²) in [6, 6.07) is 3.11. The number of rotatable bonds is 5. The number of halogens is 3. The van der Waals surface area contributed by atoms with Gasteiger partial charge >= 0.3 is 18.2 Å². The predicted molar refractivity (Wildman–Crippen MR) is 89.0 cm³/mol. The summed E-state index contributed by atoms with van der Waals surface area (Å²) in [6.07, 6.45) is -3.30. The Morgan fingerprint density at radius 1 is 1.23 bits per heavy atom. The Bertz CT molecular complexity index is 711. The summed E-state index contributed by atoms with van der Waals surface area (Å²) in [6.45, 7) is 3.72. The van der Waals surface area contributed by atoms with E-state index in [1.54, 1.807) is 14.0 Å². The Morgan fingerprint density at radius 2 is 1.85 bits per heavy atom. The maximum absolute atomic E-state index is 12.8. The van der Waals surface area contributed by atoms with Gasteiger partial charge in [0.15, 0.2) is 0 Å². The molecule has 142 valence electrons. The molecule has 0 aromatic heterocycles. The molecule has 1 aromatic rings. The van der Waals surface area contributed by atoms with Crippen LogP contribution in [0.25, 0.3) is 0 Å². The van der Waals surface area contributed by atoms with Crippen LogP contribution in [-0.4, -0.2) is 30.6 Å². The molecule has 1 unspecified atom stereocenters. The lowest BCUT2D eigenvalue weighted by Crippen LogP contribution is -2.46. The molecule has 2 amide bonds. The molecule has 0 radical (unpaired) electrons. The fraction of sp³-hybridized carbons (Fsp3) is 0.444. The lowest BCUT2D eigenvalue weighted by molar-refractivity contribution is -0.139. The number of nitrogens with one attached hydrogen (secondary N) is 1. The molecule has 1 aliphatic rings. The molecule has 0 fully saturated rings. The normalized spacial score (nSPS) is 18.0. The van der Waals surface area contributed by atoms with Gasteiger partial charge in [0.1, 0.15) is 0 Å². The summed E-state index contributed by atoms with van der Waals surface area (Å²) in [4.78, 5) is 26.1. The minimum Gasteiger partial charge on any atom is -0.463 e. The summed E-state index contributed by atoms with van der Waals surface area (Å²) < 4.78 is 43.5. The zero-order chi connectivity index (χ0) is 19.5. The van der Waals surface area contributed by atoms with Gasteiger partial charge < -0.3 is 15.0 Å². The highest BCUT2D eigenvalue weighted by atomic mass is 19.4. The van der Waals surface area contributed by atoms with E-state index in [-0.39, 0.29) is 12.2 Å². The molecule has 0 saturated heterocycles. The quantitative estimate of drug-likeness (QED) is 0.797. The first-order valence-corrected chi connectivity index (χ1v) is 8.32. The van der Waals surface area contributed by atoms with Gasteiger partial charge in [-0.2, -0.15) is 13.2 Å². The van der Waals surface area contributed by atoms with E-state index in [0.717, 1.165) is 12.1 Å². The molecule has 1 heterocycles. The predicted octanol–water partition coefficient (Wildman–Crippen LogP) is 4.02. The fourth-order valence-corrected chi connectivity index (χ4v) is 2.86. The lowest BCUT2D eigenvalue weighted by Gasteiger charge is -2.34. The van der Waals surface area contributed by atoms with E-state index in [1.165, 1.54) is 17.0 Å². The largest absolute Gasteiger partial charge is 0.463 e. The molecule has 0 saturated carbocycles. The van der Waals surface area contributed by atoms with Gasteiger partial charge in [-0.15, -0.1) is 0 Å². The third-order valence-corrected chi connectivity index (χ3v) is 4.13. The molecular formula is C18H21F3N2O3. The summed E-state index contributed by atoms with van der Waals surface area (Å²) >= 11 is 0. The van der Waals surface area contributed by atoms with Crippen LogP contribution >= 0.6 is 0 Å². The third kappa shape index (κ3) is 4.00. The van der Waals surface area contributed by atoms with Crippen molar-refractivity contribution in [2.24, 2.45) is 0 Å². The van der Waals surface area contributed by atoms with Gasteiger partial charge in [-0.05, 0) is 31.0 Å². The van der Waals surface area contributed by atoms with Crippen molar-refractivity contribution >= 4 is 12.0 Å². The van der Waals surface area contributed by atoms with Gasteiger partial charge in [-0.3, -0.25) is 0 Å². The minimum absolute atomic E-state index is 0.152. The van der Waals surface area contributed by atoms with Crippen molar-refractivity contribution in [2.75, 3.05) is 13.7 Å². The highest BCUT2D eigenvalue weighted by Crippen LogP contribution is 2.35. The van der Waals surface area contributed by atoms with Crippen molar-refractivity contribution in [1.29, 1.82) is 0 Å². The number of ether oxygens (including phenoxy) is 1. The SMILES string of the molecule is CCCC1=C(C(=O)OCC)C(c2ccc(C(F)(F)F)cc2)NC(=O)N1C. The lowest BCUT2D eigenvalue weighted by atomic mass is 9.92. The minimum atomic E-state index is -4.46. The summed E-state index contributed by atoms with van der Waals surface area (Å²) in [5.74, 6) is -0.590. The van der Waals surface area contributed by atoms with Crippen molar-refractivity contribution < 1.29 is 27.5 Å². The number of amides is 2. The van der Waals surface area contributed by atoms with Crippen LogP contribution in [0.1, 0.15) is 43.9 Å². The van der Waals surface area contributed by atoms with E-state index in [2.05, 4.69) is 5.32 Å². The number of carbonyl (C=O) groups excluding carboxylic acids is 2. The second kappa shape index (κ2) is 7.80. The Hall–Kier alpha value is -2.51. The Morgan fingerprint density at radius 3 is 2.35 bits per heavy atom. The van der Waals surface area contributed by atoms with Gasteiger partial charge in [0.2, 0.25) is 0 Å². The van der Waals surface area contributed by atoms with Crippen LogP contribution in [-0.2, 0) is 15.7 Å². The molecular weight excluding hydrogens is 349 g/mol. The van der Waals surface area contributed by atoms with E-state index >= 15 is 0 Å². The van der Waals surface area contributed by atoms with Gasteiger partial charge in [-0.1, -0.05) is 25.5 Å². The van der Waals surface area contributed by atoms with E-state index in [9.17, 15) is 22.8 Å². The second-order valence-electron chi connectivity index (χ2n) is 5.89. The highest BCUT2D eigenvalue weighted by molar-refractivity contribution is 5.95. The number of allylic oxidation sites excluding steroid dienone is 1. The smallest absolute Gasteiger partial charge is 0.416 e. The molecule has 1 aromatic carbocycles. The molecule has 1 aliphatic heterocycles. The average Bonchev–Trinajstić information content (AvgIpc) is 2.58. The van der Waals surface area contributed by atoms with Crippen LogP contribution in [0, 0.1) is 0 Å². The number of nitrogens with zero attached hydrogens (tertiary/aromatic N) is 1. The van der Waals surface area contributed by atoms with Crippen LogP contribution < -0.4 is 5.32 Å². The third-order valence-electron chi connectivity index (χ3n) is 4.13. The van der Waals surface area contributed by atoms with Crippen molar-refractivity contribution in [3.8, 4) is 0 Å². The number of hydrogen-bond donors (Lipinski definition) is 1. The first kappa shape index (κ1) is 19.8. The zero-order valence-electron chi connectivity index (χ0n) is 14.8. The number of urea groups is 1. The van der Waals surface area contributed by atoms with Crippen LogP contribution in [0.15, 0.2) is 35.5 Å². The van der Waals surface area contributed by atoms with Crippen molar-refractivity contribution in [3.63, 3.8) is 0 Å². The molecule has 5 nitrogen and oxygen atoms in total. The number of esters is 1. The molecule has 0 bridgehead atoms. The van der Waals surface area contributed by atoms with Gasteiger partial charge in [0.25, 0.3) is 0 Å². The molecule has 0 spiro atoms. The summed E-state index contributed by atoms with van der Waals surface area (Å²) in [5, 5.41) is 2.67. The Balaban J connectivity index is 2.52. The van der Waals surface area contributed by atoms with E-state index < -0.39 is 29.8 Å². The number of carbonyl (C=O) groups is 2. The topological polar surface area (TPSA) is 58.6 Å². The van der Waals surface area contributed by atoms with E-state index in [4.69, 9.17) is 4.74 Å².